The van der Waals surface area contributed by atoms with Gasteiger partial charge >= 0.3 is 6.09 Å². The number of aryl methyl sites for hydroxylation is 1. The van der Waals surface area contributed by atoms with Crippen molar-refractivity contribution >= 4 is 27.7 Å². The van der Waals surface area contributed by atoms with Crippen LogP contribution in [0.5, 0.6) is 0 Å². The summed E-state index contributed by atoms with van der Waals surface area (Å²) >= 11 is 0. The van der Waals surface area contributed by atoms with Gasteiger partial charge in [-0.1, -0.05) is 12.1 Å². The zero-order valence-corrected chi connectivity index (χ0v) is 20.5. The Bertz CT molecular complexity index is 1130. The van der Waals surface area contributed by atoms with E-state index in [-0.39, 0.29) is 23.0 Å². The fraction of sp³-hybridized carbons (Fsp3) is 0.478. The molecule has 33 heavy (non-hydrogen) atoms. The van der Waals surface area contributed by atoms with Crippen LogP contribution >= 0.6 is 0 Å². The zero-order chi connectivity index (χ0) is 24.4. The highest BCUT2D eigenvalue weighted by Crippen LogP contribution is 2.27. The van der Waals surface area contributed by atoms with Gasteiger partial charge in [0.1, 0.15) is 16.3 Å². The molecule has 0 unspecified atom stereocenters. The molecule has 1 aliphatic heterocycles. The van der Waals surface area contributed by atoms with Crippen LogP contribution in [0.25, 0.3) is 0 Å². The van der Waals surface area contributed by atoms with E-state index in [0.29, 0.717) is 18.8 Å². The molecule has 180 valence electrons. The first kappa shape index (κ1) is 24.8. The molecule has 1 fully saturated rings. The maximum atomic E-state index is 12.8. The van der Waals surface area contributed by atoms with E-state index in [1.165, 1.54) is 22.2 Å². The lowest BCUT2D eigenvalue weighted by Gasteiger charge is -2.24. The van der Waals surface area contributed by atoms with Crippen molar-refractivity contribution in [3.63, 3.8) is 0 Å². The van der Waals surface area contributed by atoms with Crippen molar-refractivity contribution in [2.75, 3.05) is 25.5 Å². The lowest BCUT2D eigenvalue weighted by atomic mass is 10.2. The number of furan rings is 1. The largest absolute Gasteiger partial charge is 0.455 e. The van der Waals surface area contributed by atoms with E-state index in [2.05, 4.69) is 5.32 Å². The standard InChI is InChI=1S/C23H31N3O6S/c1-16-20(33(29,30)26-11-6-7-12-26)14-19(31-16)21(27)24-18-10-8-9-17(13-18)15-25(5)22(28)32-23(2,3)4/h8-10,13-14H,6-7,11-12,15H2,1-5H3,(H,24,27). The summed E-state index contributed by atoms with van der Waals surface area (Å²) in [7, 11) is -2.05. The van der Waals surface area contributed by atoms with Gasteiger partial charge < -0.3 is 19.4 Å². The summed E-state index contributed by atoms with van der Waals surface area (Å²) in [6.45, 7) is 8.16. The Labute approximate surface area is 194 Å². The van der Waals surface area contributed by atoms with Gasteiger partial charge in [-0.15, -0.1) is 0 Å². The predicted octanol–water partition coefficient (Wildman–Crippen LogP) is 3.99. The number of benzene rings is 1. The molecule has 0 bridgehead atoms. The zero-order valence-electron chi connectivity index (χ0n) is 19.7. The second-order valence-electron chi connectivity index (χ2n) is 9.13. The van der Waals surface area contributed by atoms with Crippen molar-refractivity contribution in [3.05, 3.63) is 47.4 Å². The quantitative estimate of drug-likeness (QED) is 0.674. The third-order valence-electron chi connectivity index (χ3n) is 5.09. The number of nitrogens with one attached hydrogen (secondary N) is 1. The minimum atomic E-state index is -3.69. The molecular weight excluding hydrogens is 446 g/mol. The van der Waals surface area contributed by atoms with Crippen molar-refractivity contribution in [2.24, 2.45) is 0 Å². The van der Waals surface area contributed by atoms with Gasteiger partial charge in [-0.3, -0.25) is 4.79 Å². The van der Waals surface area contributed by atoms with Gasteiger partial charge in [0.15, 0.2) is 5.76 Å². The lowest BCUT2D eigenvalue weighted by molar-refractivity contribution is 0.0285. The Balaban J connectivity index is 1.69. The summed E-state index contributed by atoms with van der Waals surface area (Å²) in [5.74, 6) is -0.458. The molecule has 1 N–H and O–H groups in total. The van der Waals surface area contributed by atoms with Crippen molar-refractivity contribution in [1.29, 1.82) is 0 Å². The lowest BCUT2D eigenvalue weighted by Crippen LogP contribution is -2.33. The topological polar surface area (TPSA) is 109 Å². The Morgan fingerprint density at radius 3 is 2.48 bits per heavy atom. The molecule has 0 radical (unpaired) electrons. The van der Waals surface area contributed by atoms with Crippen LogP contribution in [0.2, 0.25) is 0 Å². The molecule has 0 spiro atoms. The van der Waals surface area contributed by atoms with E-state index in [1.54, 1.807) is 46.0 Å². The Hall–Kier alpha value is -2.85. The van der Waals surface area contributed by atoms with Crippen LogP contribution < -0.4 is 5.32 Å². The highest BCUT2D eigenvalue weighted by Gasteiger charge is 2.31. The van der Waals surface area contributed by atoms with Gasteiger partial charge in [0.2, 0.25) is 10.0 Å². The summed E-state index contributed by atoms with van der Waals surface area (Å²) < 4.78 is 37.9. The molecule has 2 aromatic rings. The van der Waals surface area contributed by atoms with Crippen LogP contribution in [0.15, 0.2) is 39.6 Å². The number of hydrogen-bond donors (Lipinski definition) is 1. The average Bonchev–Trinajstić information content (AvgIpc) is 3.37. The predicted molar refractivity (Wildman–Crippen MR) is 124 cm³/mol. The third kappa shape index (κ3) is 6.14. The minimum Gasteiger partial charge on any atom is -0.455 e. The van der Waals surface area contributed by atoms with Crippen molar-refractivity contribution in [3.8, 4) is 0 Å². The molecule has 1 aromatic carbocycles. The molecule has 0 atom stereocenters. The van der Waals surface area contributed by atoms with E-state index in [4.69, 9.17) is 9.15 Å². The summed E-state index contributed by atoms with van der Waals surface area (Å²) in [5.41, 5.74) is 0.686. The number of amides is 2. The highest BCUT2D eigenvalue weighted by atomic mass is 32.2. The molecule has 0 saturated carbocycles. The number of carbonyl (C=O) groups is 2. The molecular formula is C23H31N3O6S. The summed E-state index contributed by atoms with van der Waals surface area (Å²) in [6, 6.07) is 8.29. The number of sulfonamides is 1. The second kappa shape index (κ2) is 9.56. The first-order chi connectivity index (χ1) is 15.4. The monoisotopic (exact) mass is 477 g/mol. The molecule has 3 rings (SSSR count). The molecule has 1 saturated heterocycles. The van der Waals surface area contributed by atoms with Gasteiger partial charge in [-0.05, 0) is 58.2 Å². The van der Waals surface area contributed by atoms with Crippen molar-refractivity contribution < 1.29 is 27.2 Å². The number of anilines is 1. The fourth-order valence-electron chi connectivity index (χ4n) is 3.52. The minimum absolute atomic E-state index is 0.0160. The summed E-state index contributed by atoms with van der Waals surface area (Å²) in [5, 5.41) is 2.73. The fourth-order valence-corrected chi connectivity index (χ4v) is 5.20. The van der Waals surface area contributed by atoms with Gasteiger partial charge in [0.25, 0.3) is 5.91 Å². The molecule has 0 aliphatic carbocycles. The number of carbonyl (C=O) groups excluding carboxylic acids is 2. The number of rotatable bonds is 6. The van der Waals surface area contributed by atoms with E-state index in [0.717, 1.165) is 18.4 Å². The van der Waals surface area contributed by atoms with E-state index in [9.17, 15) is 18.0 Å². The molecule has 2 amide bonds. The maximum Gasteiger partial charge on any atom is 0.410 e. The van der Waals surface area contributed by atoms with Crippen LogP contribution in [0.1, 0.15) is 55.5 Å². The Kier molecular flexibility index (Phi) is 7.18. The normalized spacial score (nSPS) is 14.8. The maximum absolute atomic E-state index is 12.8. The molecule has 1 aromatic heterocycles. The third-order valence-corrected chi connectivity index (χ3v) is 7.09. The van der Waals surface area contributed by atoms with Gasteiger partial charge in [0.05, 0.1) is 0 Å². The molecule has 2 heterocycles. The summed E-state index contributed by atoms with van der Waals surface area (Å²) in [6.07, 6.45) is 1.20. The smallest absolute Gasteiger partial charge is 0.410 e. The number of hydrogen-bond acceptors (Lipinski definition) is 6. The molecule has 1 aliphatic rings. The van der Waals surface area contributed by atoms with Crippen molar-refractivity contribution in [1.82, 2.24) is 9.21 Å². The van der Waals surface area contributed by atoms with Crippen LogP contribution in [-0.4, -0.2) is 55.4 Å². The Morgan fingerprint density at radius 1 is 1.18 bits per heavy atom. The molecule has 9 nitrogen and oxygen atoms in total. The van der Waals surface area contributed by atoms with E-state index in [1.807, 2.05) is 6.07 Å². The van der Waals surface area contributed by atoms with E-state index < -0.39 is 27.6 Å². The number of nitrogens with zero attached hydrogens (tertiary/aromatic N) is 2. The van der Waals surface area contributed by atoms with Gasteiger partial charge in [-0.25, -0.2) is 13.2 Å². The van der Waals surface area contributed by atoms with Crippen LogP contribution in [0, 0.1) is 6.92 Å². The number of ether oxygens (including phenoxy) is 1. The van der Waals surface area contributed by atoms with E-state index >= 15 is 0 Å². The SMILES string of the molecule is Cc1oc(C(=O)Nc2cccc(CN(C)C(=O)OC(C)(C)C)c2)cc1S(=O)(=O)N1CCCC1. The average molecular weight is 478 g/mol. The van der Waals surface area contributed by atoms with Gasteiger partial charge in [-0.2, -0.15) is 4.31 Å². The summed E-state index contributed by atoms with van der Waals surface area (Å²) in [4.78, 5) is 26.4. The van der Waals surface area contributed by atoms with Crippen LogP contribution in [-0.2, 0) is 21.3 Å². The van der Waals surface area contributed by atoms with Crippen molar-refractivity contribution in [2.45, 2.75) is 57.6 Å². The first-order valence-electron chi connectivity index (χ1n) is 10.8. The van der Waals surface area contributed by atoms with Crippen LogP contribution in [0.3, 0.4) is 0 Å². The Morgan fingerprint density at radius 2 is 1.85 bits per heavy atom. The van der Waals surface area contributed by atoms with Crippen LogP contribution in [0.4, 0.5) is 10.5 Å². The second-order valence-corrected chi connectivity index (χ2v) is 11.0. The van der Waals surface area contributed by atoms with Gasteiger partial charge in [0, 0.05) is 38.4 Å². The molecule has 10 heteroatoms. The first-order valence-corrected chi connectivity index (χ1v) is 12.3. The highest BCUT2D eigenvalue weighted by molar-refractivity contribution is 7.89.